The molecule has 0 saturated carbocycles. The van der Waals surface area contributed by atoms with Gasteiger partial charge in [-0.3, -0.25) is 4.79 Å². The van der Waals surface area contributed by atoms with Crippen LogP contribution in [0.25, 0.3) is 0 Å². The molecule has 0 spiro atoms. The van der Waals surface area contributed by atoms with Crippen LogP contribution in [-0.4, -0.2) is 31.4 Å². The van der Waals surface area contributed by atoms with Gasteiger partial charge in [-0.2, -0.15) is 0 Å². The lowest BCUT2D eigenvalue weighted by molar-refractivity contribution is -0.136. The van der Waals surface area contributed by atoms with Gasteiger partial charge < -0.3 is 24.1 Å². The maximum atomic E-state index is 10.8. The number of carbonyl (C=O) groups is 1. The molecule has 0 aliphatic carbocycles. The second-order valence-electron chi connectivity index (χ2n) is 5.98. The molecular formula is C20H22O6. The molecule has 2 aromatic rings. The Kier molecular flexibility index (Phi) is 6.09. The lowest BCUT2D eigenvalue weighted by Crippen LogP contribution is -2.05. The molecule has 138 valence electrons. The Hall–Kier alpha value is -2.57. The first-order chi connectivity index (χ1) is 12.7. The van der Waals surface area contributed by atoms with Gasteiger partial charge in [0, 0.05) is 12.0 Å². The van der Waals surface area contributed by atoms with E-state index in [-0.39, 0.29) is 6.42 Å². The number of carboxylic acid groups (broad SMARTS) is 1. The maximum Gasteiger partial charge on any atom is 0.303 e. The summed E-state index contributed by atoms with van der Waals surface area (Å²) >= 11 is 0. The van der Waals surface area contributed by atoms with E-state index in [1.165, 1.54) is 0 Å². The third-order valence-electron chi connectivity index (χ3n) is 4.13. The van der Waals surface area contributed by atoms with Crippen molar-refractivity contribution in [3.05, 3.63) is 59.2 Å². The molecule has 0 radical (unpaired) electrons. The van der Waals surface area contributed by atoms with Crippen LogP contribution in [0.4, 0.5) is 0 Å². The van der Waals surface area contributed by atoms with Gasteiger partial charge >= 0.3 is 5.97 Å². The molecule has 1 aliphatic heterocycles. The molecule has 1 saturated heterocycles. The second kappa shape index (κ2) is 8.69. The van der Waals surface area contributed by atoms with Crippen LogP contribution in [0.2, 0.25) is 0 Å². The number of ether oxygens (including phenoxy) is 4. The van der Waals surface area contributed by atoms with Crippen molar-refractivity contribution in [1.29, 1.82) is 0 Å². The predicted octanol–water partition coefficient (Wildman–Crippen LogP) is 3.34. The Bertz CT molecular complexity index is 734. The van der Waals surface area contributed by atoms with Crippen LogP contribution in [-0.2, 0) is 27.3 Å². The summed E-state index contributed by atoms with van der Waals surface area (Å²) in [5.41, 5.74) is 2.72. The average Bonchev–Trinajstić information content (AvgIpc) is 3.19. The molecule has 0 amide bonds. The summed E-state index contributed by atoms with van der Waals surface area (Å²) in [5.74, 6) is 0.616. The van der Waals surface area contributed by atoms with E-state index in [2.05, 4.69) is 0 Å². The third-order valence-corrected chi connectivity index (χ3v) is 4.13. The summed E-state index contributed by atoms with van der Waals surface area (Å²) in [7, 11) is 1.63. The zero-order valence-electron chi connectivity index (χ0n) is 14.6. The first kappa shape index (κ1) is 18.2. The SMILES string of the molecule is COc1ccc(COc2cc(CCC(=O)O)ccc2C2OCCO2)cc1. The normalized spacial score (nSPS) is 14.3. The Morgan fingerprint density at radius 3 is 2.46 bits per heavy atom. The molecule has 26 heavy (non-hydrogen) atoms. The molecule has 0 aromatic heterocycles. The van der Waals surface area contributed by atoms with Gasteiger partial charge in [0.2, 0.25) is 0 Å². The average molecular weight is 358 g/mol. The predicted molar refractivity (Wildman–Crippen MR) is 94.4 cm³/mol. The van der Waals surface area contributed by atoms with Crippen molar-refractivity contribution in [3.63, 3.8) is 0 Å². The Morgan fingerprint density at radius 1 is 1.12 bits per heavy atom. The lowest BCUT2D eigenvalue weighted by Gasteiger charge is -2.17. The number of rotatable bonds is 8. The van der Waals surface area contributed by atoms with Crippen molar-refractivity contribution < 1.29 is 28.8 Å². The van der Waals surface area contributed by atoms with Crippen molar-refractivity contribution in [2.45, 2.75) is 25.7 Å². The maximum absolute atomic E-state index is 10.8. The van der Waals surface area contributed by atoms with Gasteiger partial charge in [0.1, 0.15) is 18.1 Å². The number of methoxy groups -OCH3 is 1. The monoisotopic (exact) mass is 358 g/mol. The van der Waals surface area contributed by atoms with Crippen molar-refractivity contribution >= 4 is 5.97 Å². The van der Waals surface area contributed by atoms with E-state index in [1.54, 1.807) is 7.11 Å². The highest BCUT2D eigenvalue weighted by Gasteiger charge is 2.22. The van der Waals surface area contributed by atoms with Crippen molar-refractivity contribution in [3.8, 4) is 11.5 Å². The molecule has 6 heteroatoms. The number of carboxylic acids is 1. The minimum absolute atomic E-state index is 0.0771. The number of aryl methyl sites for hydroxylation is 1. The minimum Gasteiger partial charge on any atom is -0.497 e. The summed E-state index contributed by atoms with van der Waals surface area (Å²) < 4.78 is 22.3. The van der Waals surface area contributed by atoms with Crippen LogP contribution in [0.5, 0.6) is 11.5 Å². The molecule has 0 atom stereocenters. The number of aliphatic carboxylic acids is 1. The van der Waals surface area contributed by atoms with Gasteiger partial charge in [-0.1, -0.05) is 18.2 Å². The second-order valence-corrected chi connectivity index (χ2v) is 5.98. The lowest BCUT2D eigenvalue weighted by atomic mass is 10.1. The fraction of sp³-hybridized carbons (Fsp3) is 0.350. The van der Waals surface area contributed by atoms with Crippen LogP contribution in [0.3, 0.4) is 0 Å². The van der Waals surface area contributed by atoms with Crippen LogP contribution >= 0.6 is 0 Å². The highest BCUT2D eigenvalue weighted by atomic mass is 16.7. The highest BCUT2D eigenvalue weighted by Crippen LogP contribution is 2.33. The topological polar surface area (TPSA) is 74.2 Å². The molecule has 0 unspecified atom stereocenters. The zero-order chi connectivity index (χ0) is 18.4. The molecule has 6 nitrogen and oxygen atoms in total. The number of benzene rings is 2. The molecule has 1 fully saturated rings. The van der Waals surface area contributed by atoms with Crippen molar-refractivity contribution in [1.82, 2.24) is 0 Å². The fourth-order valence-corrected chi connectivity index (χ4v) is 2.73. The molecule has 1 N–H and O–H groups in total. The van der Waals surface area contributed by atoms with Gasteiger partial charge in [-0.25, -0.2) is 0 Å². The van der Waals surface area contributed by atoms with E-state index in [1.807, 2.05) is 42.5 Å². The summed E-state index contributed by atoms with van der Waals surface area (Å²) in [6.07, 6.45) is 0.0728. The van der Waals surface area contributed by atoms with Crippen molar-refractivity contribution in [2.75, 3.05) is 20.3 Å². The summed E-state index contributed by atoms with van der Waals surface area (Å²) in [6.45, 7) is 1.47. The van der Waals surface area contributed by atoms with Crippen LogP contribution in [0.1, 0.15) is 29.4 Å². The zero-order valence-corrected chi connectivity index (χ0v) is 14.6. The molecule has 2 aromatic carbocycles. The fourth-order valence-electron chi connectivity index (χ4n) is 2.73. The van der Waals surface area contributed by atoms with E-state index in [0.717, 1.165) is 22.4 Å². The first-order valence-corrected chi connectivity index (χ1v) is 8.49. The smallest absolute Gasteiger partial charge is 0.303 e. The van der Waals surface area contributed by atoms with E-state index in [4.69, 9.17) is 24.1 Å². The summed E-state index contributed by atoms with van der Waals surface area (Å²) in [5, 5.41) is 8.88. The first-order valence-electron chi connectivity index (χ1n) is 8.49. The Morgan fingerprint density at radius 2 is 1.81 bits per heavy atom. The van der Waals surface area contributed by atoms with Gasteiger partial charge in [-0.05, 0) is 41.8 Å². The van der Waals surface area contributed by atoms with E-state index >= 15 is 0 Å². The molecule has 0 bridgehead atoms. The molecule has 1 aliphatic rings. The van der Waals surface area contributed by atoms with Crippen molar-refractivity contribution in [2.24, 2.45) is 0 Å². The number of hydrogen-bond donors (Lipinski definition) is 1. The summed E-state index contributed by atoms with van der Waals surface area (Å²) in [4.78, 5) is 10.8. The van der Waals surface area contributed by atoms with Gasteiger partial charge in [0.05, 0.1) is 20.3 Å². The van der Waals surface area contributed by atoms with E-state index in [9.17, 15) is 4.79 Å². The molecule has 1 heterocycles. The highest BCUT2D eigenvalue weighted by molar-refractivity contribution is 5.67. The quantitative estimate of drug-likeness (QED) is 0.780. The standard InChI is InChI=1S/C20H22O6/c1-23-16-6-2-15(3-7-16)13-26-18-12-14(5-9-19(21)22)4-8-17(18)20-24-10-11-25-20/h2-4,6-8,12,20H,5,9-11,13H2,1H3,(H,21,22). The third kappa shape index (κ3) is 4.74. The van der Waals surface area contributed by atoms with Crippen LogP contribution in [0.15, 0.2) is 42.5 Å². The van der Waals surface area contributed by atoms with Gasteiger partial charge in [-0.15, -0.1) is 0 Å². The van der Waals surface area contributed by atoms with Crippen LogP contribution in [0, 0.1) is 0 Å². The van der Waals surface area contributed by atoms with Crippen LogP contribution < -0.4 is 9.47 Å². The molecule has 3 rings (SSSR count). The number of hydrogen-bond acceptors (Lipinski definition) is 5. The van der Waals surface area contributed by atoms with Gasteiger partial charge in [0.25, 0.3) is 0 Å². The summed E-state index contributed by atoms with van der Waals surface area (Å²) in [6, 6.07) is 13.3. The largest absolute Gasteiger partial charge is 0.497 e. The Labute approximate surface area is 152 Å². The van der Waals surface area contributed by atoms with Gasteiger partial charge in [0.15, 0.2) is 6.29 Å². The van der Waals surface area contributed by atoms with E-state index < -0.39 is 12.3 Å². The molecular weight excluding hydrogens is 336 g/mol. The minimum atomic E-state index is -0.822. The van der Waals surface area contributed by atoms with E-state index in [0.29, 0.717) is 32.0 Å². The Balaban J connectivity index is 1.76.